The summed E-state index contributed by atoms with van der Waals surface area (Å²) in [6.07, 6.45) is 0. The van der Waals surface area contributed by atoms with Crippen LogP contribution in [-0.4, -0.2) is 43.7 Å². The first-order valence-corrected chi connectivity index (χ1v) is 3.29. The maximum absolute atomic E-state index is 10.9. The number of ether oxygens (including phenoxy) is 1. The van der Waals surface area contributed by atoms with Crippen LogP contribution in [0.1, 0.15) is 0 Å². The van der Waals surface area contributed by atoms with Crippen LogP contribution in [0, 0.1) is 0 Å². The van der Waals surface area contributed by atoms with Crippen LogP contribution in [0.5, 0.6) is 0 Å². The molecule has 0 aromatic heterocycles. The lowest BCUT2D eigenvalue weighted by Gasteiger charge is -2.31. The van der Waals surface area contributed by atoms with E-state index in [0.717, 1.165) is 0 Å². The van der Waals surface area contributed by atoms with Gasteiger partial charge in [-0.1, -0.05) is 0 Å². The van der Waals surface area contributed by atoms with Crippen molar-refractivity contribution in [3.63, 3.8) is 0 Å². The van der Waals surface area contributed by atoms with Crippen molar-refractivity contribution in [1.82, 2.24) is 4.90 Å². The lowest BCUT2D eigenvalue weighted by molar-refractivity contribution is -0.145. The molecular formula is C6H12N2O2. The van der Waals surface area contributed by atoms with Crippen LogP contribution in [0.15, 0.2) is 0 Å². The second-order valence-electron chi connectivity index (χ2n) is 2.41. The van der Waals surface area contributed by atoms with Crippen LogP contribution in [0.2, 0.25) is 0 Å². The fourth-order valence-electron chi connectivity index (χ4n) is 0.926. The molecule has 1 aliphatic rings. The molecule has 58 valence electrons. The third-order valence-corrected chi connectivity index (χ3v) is 1.75. The third kappa shape index (κ3) is 1.27. The summed E-state index contributed by atoms with van der Waals surface area (Å²) in [5.41, 5.74) is 5.38. The first-order valence-electron chi connectivity index (χ1n) is 3.29. The summed E-state index contributed by atoms with van der Waals surface area (Å²) >= 11 is 0. The van der Waals surface area contributed by atoms with Gasteiger partial charge in [-0.05, 0) is 0 Å². The van der Waals surface area contributed by atoms with Crippen LogP contribution < -0.4 is 5.73 Å². The van der Waals surface area contributed by atoms with Gasteiger partial charge in [0.15, 0.2) is 0 Å². The topological polar surface area (TPSA) is 55.6 Å². The van der Waals surface area contributed by atoms with Crippen LogP contribution in [0.3, 0.4) is 0 Å². The Morgan fingerprint density at radius 3 is 3.10 bits per heavy atom. The van der Waals surface area contributed by atoms with Gasteiger partial charge in [0.1, 0.15) is 6.61 Å². The standard InChI is InChI=1S/C6H12N2O2/c1-8-5(2-7)3-10-4-6(8)9/h5H,2-4,7H2,1H3. The molecule has 0 aromatic carbocycles. The molecule has 1 aliphatic heterocycles. The smallest absolute Gasteiger partial charge is 0.248 e. The molecule has 0 saturated carbocycles. The highest BCUT2D eigenvalue weighted by atomic mass is 16.5. The molecule has 1 unspecified atom stereocenters. The predicted octanol–water partition coefficient (Wildman–Crippen LogP) is -1.20. The normalized spacial score (nSPS) is 27.2. The number of rotatable bonds is 1. The van der Waals surface area contributed by atoms with E-state index in [9.17, 15) is 4.79 Å². The fraction of sp³-hybridized carbons (Fsp3) is 0.833. The Morgan fingerprint density at radius 2 is 2.60 bits per heavy atom. The van der Waals surface area contributed by atoms with Crippen molar-refractivity contribution in [2.45, 2.75) is 6.04 Å². The minimum atomic E-state index is 0.0155. The maximum Gasteiger partial charge on any atom is 0.248 e. The molecule has 0 bridgehead atoms. The summed E-state index contributed by atoms with van der Waals surface area (Å²) in [7, 11) is 1.75. The molecule has 1 heterocycles. The van der Waals surface area contributed by atoms with E-state index in [1.165, 1.54) is 0 Å². The summed E-state index contributed by atoms with van der Waals surface area (Å²) in [4.78, 5) is 12.6. The van der Waals surface area contributed by atoms with E-state index in [0.29, 0.717) is 13.2 Å². The number of morpholine rings is 1. The lowest BCUT2D eigenvalue weighted by Crippen LogP contribution is -2.50. The molecule has 1 fully saturated rings. The molecule has 1 rings (SSSR count). The van der Waals surface area contributed by atoms with Crippen molar-refractivity contribution in [3.05, 3.63) is 0 Å². The average molecular weight is 144 g/mol. The molecule has 1 saturated heterocycles. The number of carbonyl (C=O) groups excluding carboxylic acids is 1. The molecule has 4 heteroatoms. The van der Waals surface area contributed by atoms with E-state index < -0.39 is 0 Å². The molecule has 0 radical (unpaired) electrons. The molecule has 1 atom stereocenters. The van der Waals surface area contributed by atoms with Gasteiger partial charge in [0.2, 0.25) is 5.91 Å². The van der Waals surface area contributed by atoms with Crippen molar-refractivity contribution in [2.75, 3.05) is 26.8 Å². The first kappa shape index (κ1) is 7.50. The van der Waals surface area contributed by atoms with Gasteiger partial charge < -0.3 is 15.4 Å². The second kappa shape index (κ2) is 2.98. The van der Waals surface area contributed by atoms with Gasteiger partial charge in [-0.3, -0.25) is 4.79 Å². The Labute approximate surface area is 59.9 Å². The lowest BCUT2D eigenvalue weighted by atomic mass is 10.2. The molecule has 0 spiro atoms. The zero-order chi connectivity index (χ0) is 7.56. The quantitative estimate of drug-likeness (QED) is 0.503. The molecule has 4 nitrogen and oxygen atoms in total. The zero-order valence-corrected chi connectivity index (χ0v) is 6.04. The number of nitrogens with zero attached hydrogens (tertiary/aromatic N) is 1. The number of amides is 1. The highest BCUT2D eigenvalue weighted by Crippen LogP contribution is 2.02. The fourth-order valence-corrected chi connectivity index (χ4v) is 0.926. The summed E-state index contributed by atoms with van der Waals surface area (Å²) in [6, 6.07) is 0.0706. The summed E-state index contributed by atoms with van der Waals surface area (Å²) in [6.45, 7) is 1.24. The zero-order valence-electron chi connectivity index (χ0n) is 6.04. The average Bonchev–Trinajstić information content (AvgIpc) is 1.95. The monoisotopic (exact) mass is 144 g/mol. The Bertz CT molecular complexity index is 138. The summed E-state index contributed by atoms with van der Waals surface area (Å²) in [5.74, 6) is 0.0155. The number of hydrogen-bond acceptors (Lipinski definition) is 3. The minimum Gasteiger partial charge on any atom is -0.369 e. The second-order valence-corrected chi connectivity index (χ2v) is 2.41. The van der Waals surface area contributed by atoms with Crippen LogP contribution in [0.25, 0.3) is 0 Å². The Kier molecular flexibility index (Phi) is 2.24. The van der Waals surface area contributed by atoms with Crippen LogP contribution in [-0.2, 0) is 9.53 Å². The van der Waals surface area contributed by atoms with Crippen LogP contribution >= 0.6 is 0 Å². The van der Waals surface area contributed by atoms with Crippen molar-refractivity contribution < 1.29 is 9.53 Å². The van der Waals surface area contributed by atoms with Gasteiger partial charge in [0, 0.05) is 13.6 Å². The number of hydrogen-bond donors (Lipinski definition) is 1. The van der Waals surface area contributed by atoms with Gasteiger partial charge in [-0.15, -0.1) is 0 Å². The van der Waals surface area contributed by atoms with Gasteiger partial charge in [0.05, 0.1) is 12.6 Å². The van der Waals surface area contributed by atoms with Crippen LogP contribution in [0.4, 0.5) is 0 Å². The maximum atomic E-state index is 10.9. The van der Waals surface area contributed by atoms with E-state index in [1.807, 2.05) is 0 Å². The Morgan fingerprint density at radius 1 is 1.90 bits per heavy atom. The van der Waals surface area contributed by atoms with E-state index in [1.54, 1.807) is 11.9 Å². The van der Waals surface area contributed by atoms with E-state index in [4.69, 9.17) is 10.5 Å². The van der Waals surface area contributed by atoms with E-state index >= 15 is 0 Å². The summed E-state index contributed by atoms with van der Waals surface area (Å²) in [5, 5.41) is 0. The van der Waals surface area contributed by atoms with Gasteiger partial charge in [0.25, 0.3) is 0 Å². The molecular weight excluding hydrogens is 132 g/mol. The van der Waals surface area contributed by atoms with E-state index in [2.05, 4.69) is 0 Å². The van der Waals surface area contributed by atoms with Crippen molar-refractivity contribution >= 4 is 5.91 Å². The van der Waals surface area contributed by atoms with E-state index in [-0.39, 0.29) is 18.6 Å². The highest BCUT2D eigenvalue weighted by Gasteiger charge is 2.23. The largest absolute Gasteiger partial charge is 0.369 e. The number of likely N-dealkylation sites (N-methyl/N-ethyl adjacent to an activating group) is 1. The van der Waals surface area contributed by atoms with Crippen molar-refractivity contribution in [1.29, 1.82) is 0 Å². The molecule has 0 aliphatic carbocycles. The molecule has 2 N–H and O–H groups in total. The Balaban J connectivity index is 2.51. The molecule has 0 aromatic rings. The predicted molar refractivity (Wildman–Crippen MR) is 36.4 cm³/mol. The molecule has 1 amide bonds. The number of carbonyl (C=O) groups is 1. The van der Waals surface area contributed by atoms with Crippen molar-refractivity contribution in [3.8, 4) is 0 Å². The third-order valence-electron chi connectivity index (χ3n) is 1.75. The first-order chi connectivity index (χ1) is 4.75. The highest BCUT2D eigenvalue weighted by molar-refractivity contribution is 5.78. The van der Waals surface area contributed by atoms with Crippen molar-refractivity contribution in [2.24, 2.45) is 5.73 Å². The summed E-state index contributed by atoms with van der Waals surface area (Å²) < 4.78 is 4.98. The number of nitrogens with two attached hydrogens (primary N) is 1. The van der Waals surface area contributed by atoms with Gasteiger partial charge >= 0.3 is 0 Å². The molecule has 10 heavy (non-hydrogen) atoms. The minimum absolute atomic E-state index is 0.0155. The Hall–Kier alpha value is -0.610. The SMILES string of the molecule is CN1C(=O)COCC1CN. The van der Waals surface area contributed by atoms with Gasteiger partial charge in [-0.2, -0.15) is 0 Å². The van der Waals surface area contributed by atoms with Gasteiger partial charge in [-0.25, -0.2) is 0 Å².